The highest BCUT2D eigenvalue weighted by Crippen LogP contribution is 2.23. The van der Waals surface area contributed by atoms with Crippen molar-refractivity contribution >= 4 is 34.7 Å². The van der Waals surface area contributed by atoms with Gasteiger partial charge in [-0.2, -0.15) is 0 Å². The number of esters is 1. The first-order valence-corrected chi connectivity index (χ1v) is 10.4. The third kappa shape index (κ3) is 5.70. The zero-order valence-electron chi connectivity index (χ0n) is 17.3. The fraction of sp³-hybridized carbons (Fsp3) is 0.391. The first kappa shape index (κ1) is 21.1. The molecule has 2 aromatic carbocycles. The Balaban J connectivity index is 1.55. The van der Waals surface area contributed by atoms with Gasteiger partial charge in [0.25, 0.3) is 0 Å². The summed E-state index contributed by atoms with van der Waals surface area (Å²) in [7, 11) is 1.37. The number of carbonyl (C=O) groups excluding carboxylic acids is 1. The third-order valence-electron chi connectivity index (χ3n) is 5.32. The average molecular weight is 412 g/mol. The molecule has 6 heteroatoms. The summed E-state index contributed by atoms with van der Waals surface area (Å²) in [6.07, 6.45) is 2.59. The van der Waals surface area contributed by atoms with Crippen LogP contribution in [0.5, 0.6) is 0 Å². The van der Waals surface area contributed by atoms with Gasteiger partial charge in [-0.15, -0.1) is 0 Å². The Bertz CT molecular complexity index is 867. The molecule has 3 rings (SSSR count). The maximum Gasteiger partial charge on any atom is 0.337 e. The van der Waals surface area contributed by atoms with Crippen molar-refractivity contribution in [3.63, 3.8) is 0 Å². The molecule has 2 aromatic rings. The minimum absolute atomic E-state index is 0.366. The minimum Gasteiger partial charge on any atom is -0.465 e. The highest BCUT2D eigenvalue weighted by atomic mass is 32.1. The number of methoxy groups -OCH3 is 1. The molecule has 0 unspecified atom stereocenters. The van der Waals surface area contributed by atoms with Crippen LogP contribution < -0.4 is 15.5 Å². The van der Waals surface area contributed by atoms with Crippen molar-refractivity contribution in [2.45, 2.75) is 33.2 Å². The van der Waals surface area contributed by atoms with Crippen molar-refractivity contribution in [2.24, 2.45) is 5.92 Å². The van der Waals surface area contributed by atoms with Crippen LogP contribution in [0.15, 0.2) is 42.5 Å². The Kier molecular flexibility index (Phi) is 7.09. The van der Waals surface area contributed by atoms with Gasteiger partial charge in [0.05, 0.1) is 12.7 Å². The summed E-state index contributed by atoms with van der Waals surface area (Å²) in [4.78, 5) is 14.2. The molecule has 0 aromatic heterocycles. The van der Waals surface area contributed by atoms with Gasteiger partial charge in [-0.05, 0) is 73.3 Å². The van der Waals surface area contributed by atoms with Crippen molar-refractivity contribution in [3.05, 3.63) is 59.2 Å². The van der Waals surface area contributed by atoms with E-state index in [2.05, 4.69) is 46.7 Å². The summed E-state index contributed by atoms with van der Waals surface area (Å²) in [5.41, 5.74) is 4.74. The Morgan fingerprint density at radius 1 is 1.24 bits per heavy atom. The first-order valence-electron chi connectivity index (χ1n) is 10.0. The SMILES string of the molecule is COC(=O)c1ccc(C)c(NC(=S)NCc2ccc(N3CCC[C@H](C)C3)cc2)c1. The number of benzene rings is 2. The van der Waals surface area contributed by atoms with Crippen LogP contribution in [0.25, 0.3) is 0 Å². The van der Waals surface area contributed by atoms with Gasteiger partial charge in [0.15, 0.2) is 5.11 Å². The fourth-order valence-corrected chi connectivity index (χ4v) is 3.78. The number of piperidine rings is 1. The topological polar surface area (TPSA) is 53.6 Å². The van der Waals surface area contributed by atoms with Gasteiger partial charge in [-0.3, -0.25) is 0 Å². The van der Waals surface area contributed by atoms with E-state index in [1.54, 1.807) is 12.1 Å². The third-order valence-corrected chi connectivity index (χ3v) is 5.56. The second-order valence-corrected chi connectivity index (χ2v) is 8.10. The number of ether oxygens (including phenoxy) is 1. The number of rotatable bonds is 5. The number of nitrogens with one attached hydrogen (secondary N) is 2. The normalized spacial score (nSPS) is 16.2. The number of anilines is 2. The molecule has 154 valence electrons. The molecular weight excluding hydrogens is 382 g/mol. The number of aryl methyl sites for hydroxylation is 1. The van der Waals surface area contributed by atoms with Gasteiger partial charge in [0, 0.05) is 31.0 Å². The van der Waals surface area contributed by atoms with Crippen LogP contribution in [0.1, 0.15) is 41.3 Å². The molecule has 0 bridgehead atoms. The fourth-order valence-electron chi connectivity index (χ4n) is 3.60. The number of nitrogens with zero attached hydrogens (tertiary/aromatic N) is 1. The van der Waals surface area contributed by atoms with E-state index in [-0.39, 0.29) is 5.97 Å². The van der Waals surface area contributed by atoms with Gasteiger partial charge in [-0.1, -0.05) is 25.1 Å². The molecular formula is C23H29N3O2S. The predicted octanol–water partition coefficient (Wildman–Crippen LogP) is 4.50. The molecule has 29 heavy (non-hydrogen) atoms. The molecule has 0 amide bonds. The van der Waals surface area contributed by atoms with Gasteiger partial charge in [0.1, 0.15) is 0 Å². The van der Waals surface area contributed by atoms with Crippen molar-refractivity contribution in [1.82, 2.24) is 5.32 Å². The molecule has 1 heterocycles. The summed E-state index contributed by atoms with van der Waals surface area (Å²) in [6.45, 7) is 7.20. The summed E-state index contributed by atoms with van der Waals surface area (Å²) in [5.74, 6) is 0.393. The number of carbonyl (C=O) groups is 1. The number of hydrogen-bond acceptors (Lipinski definition) is 4. The van der Waals surface area contributed by atoms with Crippen LogP contribution in [-0.4, -0.2) is 31.3 Å². The van der Waals surface area contributed by atoms with Crippen molar-refractivity contribution in [3.8, 4) is 0 Å². The molecule has 1 aliphatic heterocycles. The minimum atomic E-state index is -0.366. The van der Waals surface area contributed by atoms with Crippen LogP contribution in [0.2, 0.25) is 0 Å². The van der Waals surface area contributed by atoms with E-state index < -0.39 is 0 Å². The molecule has 0 aliphatic carbocycles. The maximum atomic E-state index is 11.7. The van der Waals surface area contributed by atoms with Crippen LogP contribution in [-0.2, 0) is 11.3 Å². The van der Waals surface area contributed by atoms with E-state index in [0.29, 0.717) is 17.2 Å². The smallest absolute Gasteiger partial charge is 0.337 e. The summed E-state index contributed by atoms with van der Waals surface area (Å²) in [6, 6.07) is 14.0. The van der Waals surface area contributed by atoms with E-state index in [9.17, 15) is 4.79 Å². The zero-order valence-corrected chi connectivity index (χ0v) is 18.1. The Morgan fingerprint density at radius 3 is 2.69 bits per heavy atom. The van der Waals surface area contributed by atoms with Crippen molar-refractivity contribution < 1.29 is 9.53 Å². The monoisotopic (exact) mass is 411 g/mol. The van der Waals surface area contributed by atoms with Gasteiger partial charge >= 0.3 is 5.97 Å². The Labute approximate surface area is 178 Å². The molecule has 1 atom stereocenters. The summed E-state index contributed by atoms with van der Waals surface area (Å²) >= 11 is 5.43. The highest BCUT2D eigenvalue weighted by Gasteiger charge is 2.16. The lowest BCUT2D eigenvalue weighted by atomic mass is 9.99. The van der Waals surface area contributed by atoms with Crippen LogP contribution in [0.3, 0.4) is 0 Å². The summed E-state index contributed by atoms with van der Waals surface area (Å²) < 4.78 is 4.78. The molecule has 5 nitrogen and oxygen atoms in total. The van der Waals surface area contributed by atoms with Crippen LogP contribution in [0.4, 0.5) is 11.4 Å². The molecule has 0 radical (unpaired) electrons. The molecule has 2 N–H and O–H groups in total. The molecule has 1 fully saturated rings. The number of thiocarbonyl (C=S) groups is 1. The van der Waals surface area contributed by atoms with Crippen molar-refractivity contribution in [1.29, 1.82) is 0 Å². The predicted molar refractivity (Wildman–Crippen MR) is 123 cm³/mol. The van der Waals surface area contributed by atoms with Crippen LogP contribution in [0, 0.1) is 12.8 Å². The van der Waals surface area contributed by atoms with E-state index in [1.807, 2.05) is 13.0 Å². The van der Waals surface area contributed by atoms with E-state index >= 15 is 0 Å². The van der Waals surface area contributed by atoms with E-state index in [0.717, 1.165) is 30.3 Å². The van der Waals surface area contributed by atoms with Gasteiger partial charge in [-0.25, -0.2) is 4.79 Å². The van der Waals surface area contributed by atoms with E-state index in [1.165, 1.54) is 31.2 Å². The standard InChI is InChI=1S/C23H29N3O2S/c1-16-5-4-12-26(15-16)20-10-7-18(8-11-20)14-24-23(29)25-21-13-19(22(27)28-3)9-6-17(21)2/h6-11,13,16H,4-5,12,14-15H2,1-3H3,(H2,24,25,29)/t16-/m0/s1. The molecule has 1 saturated heterocycles. The van der Waals surface area contributed by atoms with E-state index in [4.69, 9.17) is 17.0 Å². The Hall–Kier alpha value is -2.60. The molecule has 0 saturated carbocycles. The van der Waals surface area contributed by atoms with Crippen LogP contribution >= 0.6 is 12.2 Å². The molecule has 0 spiro atoms. The quantitative estimate of drug-likeness (QED) is 0.558. The van der Waals surface area contributed by atoms with Gasteiger partial charge < -0.3 is 20.3 Å². The maximum absolute atomic E-state index is 11.7. The lowest BCUT2D eigenvalue weighted by molar-refractivity contribution is 0.0601. The lowest BCUT2D eigenvalue weighted by Gasteiger charge is -2.32. The number of hydrogen-bond donors (Lipinski definition) is 2. The zero-order chi connectivity index (χ0) is 20.8. The lowest BCUT2D eigenvalue weighted by Crippen LogP contribution is -2.34. The second kappa shape index (κ2) is 9.74. The first-order chi connectivity index (χ1) is 14.0. The molecule has 1 aliphatic rings. The highest BCUT2D eigenvalue weighted by molar-refractivity contribution is 7.80. The van der Waals surface area contributed by atoms with Gasteiger partial charge in [0.2, 0.25) is 0 Å². The average Bonchev–Trinajstić information content (AvgIpc) is 2.73. The second-order valence-electron chi connectivity index (χ2n) is 7.69. The Morgan fingerprint density at radius 2 is 2.00 bits per heavy atom. The summed E-state index contributed by atoms with van der Waals surface area (Å²) in [5, 5.41) is 6.92. The largest absolute Gasteiger partial charge is 0.465 e. The van der Waals surface area contributed by atoms with Crippen molar-refractivity contribution in [2.75, 3.05) is 30.4 Å².